The number of morpholine rings is 1. The van der Waals surface area contributed by atoms with Gasteiger partial charge < -0.3 is 9.64 Å². The van der Waals surface area contributed by atoms with E-state index in [4.69, 9.17) is 9.72 Å². The van der Waals surface area contributed by atoms with Crippen molar-refractivity contribution in [2.75, 3.05) is 18.0 Å². The van der Waals surface area contributed by atoms with Gasteiger partial charge in [-0.2, -0.15) is 0 Å². The van der Waals surface area contributed by atoms with Gasteiger partial charge in [-0.05, 0) is 13.8 Å². The standard InChI is InChI=1S/C21H22N4O/c1-15-13-25(14-16(2)26-15)21-19(17-9-5-3-6-10-17)23-24-20(22-21)18-11-7-4-8-12-18/h3-12,15-16H,13-14H2,1-2H3/t15-,16-/m0/s1. The van der Waals surface area contributed by atoms with Crippen LogP contribution in [0.2, 0.25) is 0 Å². The van der Waals surface area contributed by atoms with Crippen LogP contribution in [0.15, 0.2) is 60.7 Å². The van der Waals surface area contributed by atoms with Crippen molar-refractivity contribution in [3.05, 3.63) is 60.7 Å². The zero-order chi connectivity index (χ0) is 17.9. The van der Waals surface area contributed by atoms with Crippen LogP contribution in [0.5, 0.6) is 0 Å². The SMILES string of the molecule is C[C@H]1CN(c2nc(-c3ccccc3)nnc2-c2ccccc2)C[C@H](C)O1. The minimum Gasteiger partial charge on any atom is -0.372 e. The first-order valence-electron chi connectivity index (χ1n) is 8.96. The molecule has 4 rings (SSSR count). The number of hydrogen-bond donors (Lipinski definition) is 0. The molecule has 2 atom stereocenters. The van der Waals surface area contributed by atoms with E-state index in [9.17, 15) is 0 Å². The van der Waals surface area contributed by atoms with Crippen LogP contribution in [0.4, 0.5) is 5.82 Å². The first-order valence-corrected chi connectivity index (χ1v) is 8.96. The smallest absolute Gasteiger partial charge is 0.183 e. The monoisotopic (exact) mass is 346 g/mol. The maximum absolute atomic E-state index is 5.89. The predicted molar refractivity (Wildman–Crippen MR) is 103 cm³/mol. The van der Waals surface area contributed by atoms with Gasteiger partial charge in [0.1, 0.15) is 5.69 Å². The third-order valence-electron chi connectivity index (χ3n) is 4.47. The van der Waals surface area contributed by atoms with Gasteiger partial charge in [0.2, 0.25) is 0 Å². The van der Waals surface area contributed by atoms with Gasteiger partial charge in [-0.1, -0.05) is 60.7 Å². The summed E-state index contributed by atoms with van der Waals surface area (Å²) in [5, 5.41) is 8.96. The lowest BCUT2D eigenvalue weighted by Gasteiger charge is -2.36. The Morgan fingerprint density at radius 1 is 0.808 bits per heavy atom. The summed E-state index contributed by atoms with van der Waals surface area (Å²) in [4.78, 5) is 7.17. The van der Waals surface area contributed by atoms with Crippen molar-refractivity contribution in [3.63, 3.8) is 0 Å². The van der Waals surface area contributed by atoms with E-state index in [1.807, 2.05) is 60.7 Å². The summed E-state index contributed by atoms with van der Waals surface area (Å²) in [6.45, 7) is 5.77. The summed E-state index contributed by atoms with van der Waals surface area (Å²) in [7, 11) is 0. The second kappa shape index (κ2) is 7.22. The van der Waals surface area contributed by atoms with E-state index in [2.05, 4.69) is 28.9 Å². The highest BCUT2D eigenvalue weighted by Crippen LogP contribution is 2.30. The summed E-state index contributed by atoms with van der Waals surface area (Å²) in [5.74, 6) is 1.51. The summed E-state index contributed by atoms with van der Waals surface area (Å²) in [6, 6.07) is 20.1. The Hall–Kier alpha value is -2.79. The van der Waals surface area contributed by atoms with Gasteiger partial charge in [-0.25, -0.2) is 4.98 Å². The lowest BCUT2D eigenvalue weighted by atomic mass is 10.1. The van der Waals surface area contributed by atoms with E-state index < -0.39 is 0 Å². The zero-order valence-corrected chi connectivity index (χ0v) is 15.0. The van der Waals surface area contributed by atoms with Gasteiger partial charge >= 0.3 is 0 Å². The number of ether oxygens (including phenoxy) is 1. The van der Waals surface area contributed by atoms with Gasteiger partial charge in [-0.15, -0.1) is 10.2 Å². The highest BCUT2D eigenvalue weighted by molar-refractivity contribution is 5.73. The molecule has 0 saturated carbocycles. The molecule has 0 aliphatic carbocycles. The minimum atomic E-state index is 0.150. The van der Waals surface area contributed by atoms with Gasteiger partial charge in [0.15, 0.2) is 11.6 Å². The highest BCUT2D eigenvalue weighted by Gasteiger charge is 2.26. The van der Waals surface area contributed by atoms with Crippen molar-refractivity contribution < 1.29 is 4.74 Å². The molecular weight excluding hydrogens is 324 g/mol. The molecule has 132 valence electrons. The van der Waals surface area contributed by atoms with Crippen molar-refractivity contribution >= 4 is 5.82 Å². The maximum Gasteiger partial charge on any atom is 0.183 e. The average molecular weight is 346 g/mol. The van der Waals surface area contributed by atoms with Crippen LogP contribution < -0.4 is 4.90 Å². The molecule has 0 unspecified atom stereocenters. The molecule has 0 N–H and O–H groups in total. The van der Waals surface area contributed by atoms with Crippen molar-refractivity contribution in [3.8, 4) is 22.6 Å². The first kappa shape index (κ1) is 16.7. The van der Waals surface area contributed by atoms with Crippen molar-refractivity contribution in [2.45, 2.75) is 26.1 Å². The molecule has 5 nitrogen and oxygen atoms in total. The maximum atomic E-state index is 5.89. The molecule has 0 spiro atoms. The molecule has 1 fully saturated rings. The van der Waals surface area contributed by atoms with Gasteiger partial charge in [-0.3, -0.25) is 0 Å². The number of anilines is 1. The fourth-order valence-corrected chi connectivity index (χ4v) is 3.38. The summed E-state index contributed by atoms with van der Waals surface area (Å²) >= 11 is 0. The molecule has 1 aromatic heterocycles. The molecule has 0 amide bonds. The topological polar surface area (TPSA) is 51.1 Å². The largest absolute Gasteiger partial charge is 0.372 e. The van der Waals surface area contributed by atoms with Gasteiger partial charge in [0, 0.05) is 24.2 Å². The third-order valence-corrected chi connectivity index (χ3v) is 4.47. The fourth-order valence-electron chi connectivity index (χ4n) is 3.38. The van der Waals surface area contributed by atoms with E-state index in [0.717, 1.165) is 35.7 Å². The van der Waals surface area contributed by atoms with Crippen LogP contribution in [0.1, 0.15) is 13.8 Å². The number of hydrogen-bond acceptors (Lipinski definition) is 5. The molecule has 1 aliphatic heterocycles. The lowest BCUT2D eigenvalue weighted by molar-refractivity contribution is -0.00544. The molecule has 2 heterocycles. The van der Waals surface area contributed by atoms with Gasteiger partial charge in [0.05, 0.1) is 12.2 Å². The van der Waals surface area contributed by atoms with E-state index in [0.29, 0.717) is 5.82 Å². The highest BCUT2D eigenvalue weighted by atomic mass is 16.5. The molecule has 26 heavy (non-hydrogen) atoms. The molecule has 1 saturated heterocycles. The normalized spacial score (nSPS) is 20.2. The van der Waals surface area contributed by atoms with Crippen LogP contribution in [0.25, 0.3) is 22.6 Å². The summed E-state index contributed by atoms with van der Waals surface area (Å²) in [5.41, 5.74) is 2.80. The fraction of sp³-hybridized carbons (Fsp3) is 0.286. The Labute approximate surface area is 153 Å². The predicted octanol–water partition coefficient (Wildman–Crippen LogP) is 3.82. The molecular formula is C21H22N4O. The van der Waals surface area contributed by atoms with Crippen LogP contribution in [-0.4, -0.2) is 40.5 Å². The van der Waals surface area contributed by atoms with Crippen LogP contribution in [0.3, 0.4) is 0 Å². The van der Waals surface area contributed by atoms with Crippen LogP contribution >= 0.6 is 0 Å². The second-order valence-corrected chi connectivity index (χ2v) is 6.70. The van der Waals surface area contributed by atoms with E-state index >= 15 is 0 Å². The molecule has 5 heteroatoms. The third kappa shape index (κ3) is 3.44. The minimum absolute atomic E-state index is 0.150. The number of aromatic nitrogens is 3. The zero-order valence-electron chi connectivity index (χ0n) is 15.0. The summed E-state index contributed by atoms with van der Waals surface area (Å²) < 4.78 is 5.89. The van der Waals surface area contributed by atoms with Crippen molar-refractivity contribution in [1.82, 2.24) is 15.2 Å². The molecule has 3 aromatic rings. The number of rotatable bonds is 3. The quantitative estimate of drug-likeness (QED) is 0.722. The first-order chi connectivity index (χ1) is 12.7. The Bertz CT molecular complexity index is 860. The number of nitrogens with zero attached hydrogens (tertiary/aromatic N) is 4. The van der Waals surface area contributed by atoms with E-state index in [-0.39, 0.29) is 12.2 Å². The Morgan fingerprint density at radius 3 is 2.00 bits per heavy atom. The van der Waals surface area contributed by atoms with E-state index in [1.54, 1.807) is 0 Å². The molecule has 2 aromatic carbocycles. The summed E-state index contributed by atoms with van der Waals surface area (Å²) in [6.07, 6.45) is 0.301. The molecule has 0 bridgehead atoms. The van der Waals surface area contributed by atoms with Crippen LogP contribution in [0, 0.1) is 0 Å². The second-order valence-electron chi connectivity index (χ2n) is 6.70. The Kier molecular flexibility index (Phi) is 4.63. The Morgan fingerprint density at radius 2 is 1.38 bits per heavy atom. The average Bonchev–Trinajstić information content (AvgIpc) is 2.68. The number of benzene rings is 2. The molecule has 1 aliphatic rings. The lowest BCUT2D eigenvalue weighted by Crippen LogP contribution is -2.46. The van der Waals surface area contributed by atoms with E-state index in [1.165, 1.54) is 0 Å². The van der Waals surface area contributed by atoms with Crippen molar-refractivity contribution in [1.29, 1.82) is 0 Å². The Balaban J connectivity index is 1.82. The van der Waals surface area contributed by atoms with Crippen LogP contribution in [-0.2, 0) is 4.74 Å². The van der Waals surface area contributed by atoms with Crippen molar-refractivity contribution in [2.24, 2.45) is 0 Å². The molecule has 0 radical (unpaired) electrons. The van der Waals surface area contributed by atoms with Gasteiger partial charge in [0.25, 0.3) is 0 Å².